The van der Waals surface area contributed by atoms with Crippen LogP contribution in [-0.4, -0.2) is 19.1 Å². The molecule has 0 radical (unpaired) electrons. The highest BCUT2D eigenvalue weighted by molar-refractivity contribution is 6.09. The molecule has 0 aliphatic heterocycles. The topological polar surface area (TPSA) is 48.8 Å². The average Bonchev–Trinajstić information content (AvgIpc) is 3.72. The summed E-state index contributed by atoms with van der Waals surface area (Å²) < 4.78 is 38.4. The quantitative estimate of drug-likeness (QED) is 0.129. The maximum atomic E-state index is 8.52. The lowest BCUT2D eigenvalue weighted by Gasteiger charge is -2.26. The molecular formula is C52H57N5O. The van der Waals surface area contributed by atoms with E-state index >= 15 is 0 Å². The highest BCUT2D eigenvalue weighted by Crippen LogP contribution is 2.39. The van der Waals surface area contributed by atoms with Crippen LogP contribution in [0.4, 0.5) is 0 Å². The van der Waals surface area contributed by atoms with Crippen LogP contribution in [0.25, 0.3) is 50.2 Å². The molecule has 296 valence electrons. The highest BCUT2D eigenvalue weighted by atomic mass is 16.5. The number of hydrogen-bond acceptors (Lipinski definition) is 3. The van der Waals surface area contributed by atoms with Gasteiger partial charge in [-0.2, -0.15) is 0 Å². The van der Waals surface area contributed by atoms with Crippen molar-refractivity contribution < 1.29 is 13.4 Å². The van der Waals surface area contributed by atoms with Gasteiger partial charge in [0.1, 0.15) is 17.3 Å². The second kappa shape index (κ2) is 13.7. The number of nitrogens with zero attached hydrogens (tertiary/aromatic N) is 5. The number of aromatic nitrogens is 5. The summed E-state index contributed by atoms with van der Waals surface area (Å²) in [6.07, 6.45) is 6.87. The molecule has 0 N–H and O–H groups in total. The first-order valence-electron chi connectivity index (χ1n) is 21.7. The molecule has 4 heterocycles. The Bertz CT molecular complexity index is 2950. The summed E-state index contributed by atoms with van der Waals surface area (Å²) in [6.45, 7) is 24.2. The lowest BCUT2D eigenvalue weighted by atomic mass is 9.80. The number of ether oxygens (including phenoxy) is 1. The molecule has 6 heteroatoms. The summed E-state index contributed by atoms with van der Waals surface area (Å²) in [5, 5.41) is 2.14. The van der Waals surface area contributed by atoms with Gasteiger partial charge in [0.2, 0.25) is 0 Å². The van der Waals surface area contributed by atoms with Gasteiger partial charge < -0.3 is 4.74 Å². The maximum Gasteiger partial charge on any atom is 0.271 e. The van der Waals surface area contributed by atoms with Crippen molar-refractivity contribution in [3.8, 4) is 28.8 Å². The molecule has 4 aromatic heterocycles. The smallest absolute Gasteiger partial charge is 0.271 e. The van der Waals surface area contributed by atoms with Crippen molar-refractivity contribution in [2.24, 2.45) is 0 Å². The van der Waals surface area contributed by atoms with E-state index in [9.17, 15) is 0 Å². The van der Waals surface area contributed by atoms with Crippen molar-refractivity contribution in [2.75, 3.05) is 0 Å². The lowest BCUT2D eigenvalue weighted by molar-refractivity contribution is -0.572. The summed E-state index contributed by atoms with van der Waals surface area (Å²) in [7, 11) is 0. The molecule has 8 rings (SSSR count). The van der Waals surface area contributed by atoms with Crippen LogP contribution in [0, 0.1) is 13.2 Å². The van der Waals surface area contributed by atoms with E-state index in [1.54, 1.807) is 6.07 Å². The Morgan fingerprint density at radius 2 is 1.21 bits per heavy atom. The number of aryl methyl sites for hydroxylation is 1. The molecule has 0 bridgehead atoms. The third-order valence-electron chi connectivity index (χ3n) is 11.2. The summed E-state index contributed by atoms with van der Waals surface area (Å²) >= 11 is 0. The molecule has 0 saturated heterocycles. The second-order valence-electron chi connectivity index (χ2n) is 19.8. The van der Waals surface area contributed by atoms with Crippen molar-refractivity contribution in [3.63, 3.8) is 0 Å². The Hall–Kier alpha value is -5.75. The predicted octanol–water partition coefficient (Wildman–Crippen LogP) is 12.9. The van der Waals surface area contributed by atoms with Gasteiger partial charge in [-0.3, -0.25) is 18.7 Å². The van der Waals surface area contributed by atoms with E-state index in [0.717, 1.165) is 44.3 Å². The number of benzene rings is 4. The Morgan fingerprint density at radius 3 is 1.86 bits per heavy atom. The normalized spacial score (nSPS) is 13.9. The molecular weight excluding hydrogens is 711 g/mol. The zero-order valence-corrected chi connectivity index (χ0v) is 36.0. The Kier molecular flexibility index (Phi) is 8.36. The van der Waals surface area contributed by atoms with E-state index in [1.807, 2.05) is 41.1 Å². The molecule has 0 amide bonds. The number of rotatable bonds is 5. The summed E-state index contributed by atoms with van der Waals surface area (Å²) in [5.41, 5.74) is 9.30. The number of fused-ring (bicyclic) bond motifs is 4. The molecule has 4 aromatic carbocycles. The van der Waals surface area contributed by atoms with E-state index in [2.05, 4.69) is 159 Å². The van der Waals surface area contributed by atoms with E-state index in [1.165, 1.54) is 28.5 Å². The van der Waals surface area contributed by atoms with Gasteiger partial charge >= 0.3 is 0 Å². The van der Waals surface area contributed by atoms with Gasteiger partial charge in [-0.15, -0.1) is 0 Å². The van der Waals surface area contributed by atoms with Crippen LogP contribution in [0.3, 0.4) is 0 Å². The molecule has 0 fully saturated rings. The van der Waals surface area contributed by atoms with Gasteiger partial charge in [0.05, 0.1) is 27.8 Å². The van der Waals surface area contributed by atoms with Gasteiger partial charge in [-0.25, -0.2) is 4.98 Å². The van der Waals surface area contributed by atoms with Crippen molar-refractivity contribution in [1.29, 1.82) is 0 Å². The van der Waals surface area contributed by atoms with Crippen molar-refractivity contribution in [3.05, 3.63) is 144 Å². The minimum Gasteiger partial charge on any atom is -0.457 e. The number of pyridine rings is 2. The van der Waals surface area contributed by atoms with Gasteiger partial charge in [0, 0.05) is 45.0 Å². The third-order valence-corrected chi connectivity index (χ3v) is 11.2. The van der Waals surface area contributed by atoms with Crippen LogP contribution < -0.4 is 9.30 Å². The van der Waals surface area contributed by atoms with Crippen LogP contribution in [0.5, 0.6) is 11.5 Å². The van der Waals surface area contributed by atoms with Crippen LogP contribution >= 0.6 is 0 Å². The fourth-order valence-corrected chi connectivity index (χ4v) is 7.57. The minimum atomic E-state index is -2.49. The minimum absolute atomic E-state index is 0.0169. The molecule has 0 unspecified atom stereocenters. The molecule has 58 heavy (non-hydrogen) atoms. The number of para-hydroxylation sites is 2. The van der Waals surface area contributed by atoms with Crippen LogP contribution in [0.1, 0.15) is 115 Å². The van der Waals surface area contributed by atoms with Gasteiger partial charge in [0.15, 0.2) is 5.82 Å². The first-order valence-corrected chi connectivity index (χ1v) is 20.2. The van der Waals surface area contributed by atoms with Crippen molar-refractivity contribution >= 4 is 32.8 Å². The fraction of sp³-hybridized carbons (Fsp3) is 0.327. The SMILES string of the molecule is [2H]C([2H])([2H])c1cnc(-n2[c-][n+](-c3cc(C(C)(C)C)cc(C(C)(C)C)c3)c3ccccc32)cc1Oc1ccc2c3ccc(C(C)(C)C)cc3n(-c3cc(C(C)(C)C)ccn3)c2c1. The summed E-state index contributed by atoms with van der Waals surface area (Å²) in [4.78, 5) is 9.65. The van der Waals surface area contributed by atoms with Crippen LogP contribution in [0.2, 0.25) is 0 Å². The lowest BCUT2D eigenvalue weighted by Crippen LogP contribution is -2.31. The molecule has 0 saturated carbocycles. The zero-order valence-electron chi connectivity index (χ0n) is 39.0. The fourth-order valence-electron chi connectivity index (χ4n) is 7.57. The molecule has 0 aliphatic carbocycles. The third kappa shape index (κ3) is 7.18. The standard InChI is InChI=1S/C52H57N5O/c1-33-31-54-47(56-32-55(42-16-14-15-17-43(42)56)38-25-36(51(8,9)10)24-37(26-38)52(11,12)13)30-46(33)58-39-19-21-41-40-20-18-34(49(2,3)4)27-44(40)57(45(41)29-39)48-28-35(22-23-53-48)50(5,6)7/h14-31H,1-13H3/i1D3. The number of hydrogen-bond donors (Lipinski definition) is 0. The number of imidazole rings is 1. The van der Waals surface area contributed by atoms with Crippen molar-refractivity contribution in [2.45, 2.75) is 112 Å². The molecule has 6 nitrogen and oxygen atoms in total. The van der Waals surface area contributed by atoms with Crippen molar-refractivity contribution in [1.82, 2.24) is 19.1 Å². The zero-order chi connectivity index (χ0) is 44.0. The van der Waals surface area contributed by atoms with Gasteiger partial charge in [-0.1, -0.05) is 126 Å². The van der Waals surface area contributed by atoms with Gasteiger partial charge in [0.25, 0.3) is 6.33 Å². The molecule has 0 spiro atoms. The Morgan fingerprint density at radius 1 is 0.586 bits per heavy atom. The second-order valence-corrected chi connectivity index (χ2v) is 19.8. The molecule has 0 atom stereocenters. The molecule has 0 aliphatic rings. The molecule has 8 aromatic rings. The Balaban J connectivity index is 1.30. The largest absolute Gasteiger partial charge is 0.457 e. The van der Waals surface area contributed by atoms with E-state index in [0.29, 0.717) is 11.6 Å². The van der Waals surface area contributed by atoms with E-state index in [-0.39, 0.29) is 33.0 Å². The van der Waals surface area contributed by atoms with Crippen LogP contribution in [0.15, 0.2) is 109 Å². The predicted molar refractivity (Wildman–Crippen MR) is 240 cm³/mol. The first-order chi connectivity index (χ1) is 28.4. The monoisotopic (exact) mass is 770 g/mol. The summed E-state index contributed by atoms with van der Waals surface area (Å²) in [6, 6.07) is 33.4. The highest BCUT2D eigenvalue weighted by Gasteiger charge is 2.24. The van der Waals surface area contributed by atoms with Gasteiger partial charge in [-0.05, 0) is 93.2 Å². The maximum absolute atomic E-state index is 8.52. The van der Waals surface area contributed by atoms with Crippen LogP contribution in [-0.2, 0) is 21.7 Å². The first kappa shape index (κ1) is 35.4. The Labute approximate surface area is 348 Å². The van der Waals surface area contributed by atoms with E-state index < -0.39 is 6.85 Å². The van der Waals surface area contributed by atoms with E-state index in [4.69, 9.17) is 18.8 Å². The average molecular weight is 771 g/mol. The summed E-state index contributed by atoms with van der Waals surface area (Å²) in [5.74, 6) is 1.97.